The summed E-state index contributed by atoms with van der Waals surface area (Å²) in [5.74, 6) is 0.630. The zero-order valence-electron chi connectivity index (χ0n) is 13.5. The van der Waals surface area contributed by atoms with Crippen molar-refractivity contribution in [2.24, 2.45) is 0 Å². The van der Waals surface area contributed by atoms with Crippen molar-refractivity contribution >= 4 is 11.0 Å². The second-order valence-corrected chi connectivity index (χ2v) is 5.38. The van der Waals surface area contributed by atoms with Crippen LogP contribution in [0.15, 0.2) is 30.3 Å². The van der Waals surface area contributed by atoms with Crippen LogP contribution in [-0.2, 0) is 12.7 Å². The zero-order valence-corrected chi connectivity index (χ0v) is 13.5. The van der Waals surface area contributed by atoms with Gasteiger partial charge in [-0.2, -0.15) is 18.3 Å². The number of rotatable bonds is 3. The molecule has 0 spiro atoms. The lowest BCUT2D eigenvalue weighted by Crippen LogP contribution is -2.08. The van der Waals surface area contributed by atoms with Gasteiger partial charge in [-0.05, 0) is 44.2 Å². The lowest BCUT2D eigenvalue weighted by molar-refractivity contribution is -0.136. The Bertz CT molecular complexity index is 883. The van der Waals surface area contributed by atoms with E-state index in [4.69, 9.17) is 4.74 Å². The van der Waals surface area contributed by atoms with E-state index < -0.39 is 11.7 Å². The highest BCUT2D eigenvalue weighted by atomic mass is 19.4. The fourth-order valence-corrected chi connectivity index (χ4v) is 2.71. The van der Waals surface area contributed by atoms with E-state index in [1.807, 2.05) is 6.92 Å². The van der Waals surface area contributed by atoms with Gasteiger partial charge in [0.25, 0.3) is 0 Å². The molecule has 0 aliphatic rings. The molecule has 0 aliphatic carbocycles. The van der Waals surface area contributed by atoms with Crippen LogP contribution in [0, 0.1) is 6.92 Å². The van der Waals surface area contributed by atoms with Crippen LogP contribution in [-0.4, -0.2) is 21.9 Å². The first kappa shape index (κ1) is 16.3. The first-order chi connectivity index (χ1) is 11.3. The third kappa shape index (κ3) is 2.70. The highest BCUT2D eigenvalue weighted by Gasteiger charge is 2.35. The average Bonchev–Trinajstić information content (AvgIpc) is 2.89. The van der Waals surface area contributed by atoms with E-state index in [2.05, 4.69) is 10.1 Å². The number of hydrogen-bond acceptors (Lipinski definition) is 3. The number of ether oxygens (including phenoxy) is 1. The van der Waals surface area contributed by atoms with Crippen molar-refractivity contribution in [1.82, 2.24) is 14.8 Å². The normalized spacial score (nSPS) is 11.9. The van der Waals surface area contributed by atoms with E-state index >= 15 is 0 Å². The van der Waals surface area contributed by atoms with Crippen molar-refractivity contribution in [2.45, 2.75) is 26.6 Å². The topological polar surface area (TPSA) is 39.9 Å². The smallest absolute Gasteiger partial charge is 0.417 e. The van der Waals surface area contributed by atoms with Gasteiger partial charge in [-0.15, -0.1) is 0 Å². The molecule has 3 rings (SSSR count). The lowest BCUT2D eigenvalue weighted by Gasteiger charge is -2.11. The third-order valence-corrected chi connectivity index (χ3v) is 3.87. The molecule has 7 heteroatoms. The highest BCUT2D eigenvalue weighted by Crippen LogP contribution is 2.38. The summed E-state index contributed by atoms with van der Waals surface area (Å²) in [6.07, 6.45) is -4.48. The van der Waals surface area contributed by atoms with Gasteiger partial charge in [0.15, 0.2) is 5.65 Å². The third-order valence-electron chi connectivity index (χ3n) is 3.87. The monoisotopic (exact) mass is 335 g/mol. The summed E-state index contributed by atoms with van der Waals surface area (Å²) in [4.78, 5) is 4.43. The Balaban J connectivity index is 2.29. The fraction of sp³-hybridized carbons (Fsp3) is 0.294. The Morgan fingerprint density at radius 3 is 2.38 bits per heavy atom. The van der Waals surface area contributed by atoms with Gasteiger partial charge < -0.3 is 4.74 Å². The Morgan fingerprint density at radius 2 is 1.83 bits per heavy atom. The van der Waals surface area contributed by atoms with Gasteiger partial charge in [0.2, 0.25) is 0 Å². The molecule has 0 amide bonds. The summed E-state index contributed by atoms with van der Waals surface area (Å²) in [6, 6.07) is 7.84. The molecule has 2 aromatic heterocycles. The van der Waals surface area contributed by atoms with Crippen LogP contribution in [0.4, 0.5) is 13.2 Å². The Morgan fingerprint density at radius 1 is 1.17 bits per heavy atom. The second kappa shape index (κ2) is 5.81. The number of nitrogens with zero attached hydrogens (tertiary/aromatic N) is 3. The number of hydrogen-bond donors (Lipinski definition) is 0. The van der Waals surface area contributed by atoms with Gasteiger partial charge in [0.05, 0.1) is 29.4 Å². The maximum absolute atomic E-state index is 13.5. The van der Waals surface area contributed by atoms with Crippen LogP contribution >= 0.6 is 0 Å². The van der Waals surface area contributed by atoms with Gasteiger partial charge in [-0.25, -0.2) is 9.67 Å². The minimum absolute atomic E-state index is 0.0570. The molecule has 1 aromatic carbocycles. The minimum atomic E-state index is -4.48. The van der Waals surface area contributed by atoms with Crippen molar-refractivity contribution in [3.05, 3.63) is 41.6 Å². The molecular formula is C17H16F3N3O. The van der Waals surface area contributed by atoms with Gasteiger partial charge in [-0.1, -0.05) is 0 Å². The predicted molar refractivity (Wildman–Crippen MR) is 84.9 cm³/mol. The van der Waals surface area contributed by atoms with Crippen LogP contribution in [0.25, 0.3) is 22.3 Å². The maximum Gasteiger partial charge on any atom is 0.417 e. The van der Waals surface area contributed by atoms with Crippen LogP contribution in [0.3, 0.4) is 0 Å². The molecule has 0 fully saturated rings. The van der Waals surface area contributed by atoms with E-state index in [0.29, 0.717) is 23.6 Å². The van der Waals surface area contributed by atoms with Crippen molar-refractivity contribution in [2.75, 3.05) is 7.11 Å². The molecule has 0 bridgehead atoms. The lowest BCUT2D eigenvalue weighted by atomic mass is 10.1. The Kier molecular flexibility index (Phi) is 3.95. The number of alkyl halides is 3. The average molecular weight is 335 g/mol. The predicted octanol–water partition coefficient (Wildman–Crippen LogP) is 4.45. The molecule has 0 saturated heterocycles. The number of methoxy groups -OCH3 is 1. The zero-order chi connectivity index (χ0) is 17.5. The highest BCUT2D eigenvalue weighted by molar-refractivity contribution is 5.85. The molecule has 0 aliphatic heterocycles. The van der Waals surface area contributed by atoms with Crippen LogP contribution in [0.5, 0.6) is 5.75 Å². The van der Waals surface area contributed by atoms with E-state index in [1.54, 1.807) is 31.2 Å². The number of aromatic nitrogens is 3. The Hall–Kier alpha value is -2.57. The van der Waals surface area contributed by atoms with Crippen molar-refractivity contribution in [3.63, 3.8) is 0 Å². The van der Waals surface area contributed by atoms with E-state index in [9.17, 15) is 13.2 Å². The second-order valence-electron chi connectivity index (χ2n) is 5.38. The molecule has 24 heavy (non-hydrogen) atoms. The molecule has 0 radical (unpaired) electrons. The van der Waals surface area contributed by atoms with Crippen LogP contribution < -0.4 is 4.74 Å². The summed E-state index contributed by atoms with van der Waals surface area (Å²) in [6.45, 7) is 3.83. The van der Waals surface area contributed by atoms with E-state index in [0.717, 1.165) is 6.07 Å². The van der Waals surface area contributed by atoms with Crippen molar-refractivity contribution in [3.8, 4) is 17.0 Å². The molecule has 3 aromatic rings. The van der Waals surface area contributed by atoms with E-state index in [-0.39, 0.29) is 16.7 Å². The van der Waals surface area contributed by atoms with Gasteiger partial charge in [0.1, 0.15) is 5.75 Å². The standard InChI is InChI=1S/C17H16F3N3O/c1-4-23-16-15(10(2)22-23)13(17(18,19)20)9-14(21-16)11-5-7-12(24-3)8-6-11/h5-9H,4H2,1-3H3. The molecular weight excluding hydrogens is 319 g/mol. The summed E-state index contributed by atoms with van der Waals surface area (Å²) in [5.41, 5.74) is 0.705. The summed E-state index contributed by atoms with van der Waals surface area (Å²) < 4.78 is 47.2. The molecule has 2 heterocycles. The van der Waals surface area contributed by atoms with Gasteiger partial charge >= 0.3 is 6.18 Å². The van der Waals surface area contributed by atoms with Crippen molar-refractivity contribution in [1.29, 1.82) is 0 Å². The minimum Gasteiger partial charge on any atom is -0.497 e. The summed E-state index contributed by atoms with van der Waals surface area (Å²) in [5, 5.41) is 4.24. The van der Waals surface area contributed by atoms with Crippen LogP contribution in [0.1, 0.15) is 18.2 Å². The molecule has 126 valence electrons. The summed E-state index contributed by atoms with van der Waals surface area (Å²) in [7, 11) is 1.53. The number of pyridine rings is 1. The first-order valence-electron chi connectivity index (χ1n) is 7.45. The van der Waals surface area contributed by atoms with Gasteiger partial charge in [-0.3, -0.25) is 0 Å². The summed E-state index contributed by atoms with van der Waals surface area (Å²) >= 11 is 0. The fourth-order valence-electron chi connectivity index (χ4n) is 2.71. The quantitative estimate of drug-likeness (QED) is 0.710. The van der Waals surface area contributed by atoms with E-state index in [1.165, 1.54) is 11.8 Å². The molecule has 4 nitrogen and oxygen atoms in total. The molecule has 0 unspecified atom stereocenters. The number of benzene rings is 1. The molecule has 0 saturated carbocycles. The molecule has 0 N–H and O–H groups in total. The number of fused-ring (bicyclic) bond motifs is 1. The largest absolute Gasteiger partial charge is 0.497 e. The number of halogens is 3. The van der Waals surface area contributed by atoms with Gasteiger partial charge in [0, 0.05) is 12.1 Å². The van der Waals surface area contributed by atoms with Crippen LogP contribution in [0.2, 0.25) is 0 Å². The van der Waals surface area contributed by atoms with Crippen molar-refractivity contribution < 1.29 is 17.9 Å². The first-order valence-corrected chi connectivity index (χ1v) is 7.45. The molecule has 0 atom stereocenters. The SMILES string of the molecule is CCn1nc(C)c2c(C(F)(F)F)cc(-c3ccc(OC)cc3)nc21. The number of aryl methyl sites for hydroxylation is 2. The maximum atomic E-state index is 13.5. The Labute approximate surface area is 136 Å².